The van der Waals surface area contributed by atoms with Crippen molar-refractivity contribution >= 4 is 10.0 Å². The third kappa shape index (κ3) is 3.80. The van der Waals surface area contributed by atoms with Crippen LogP contribution in [-0.2, 0) is 16.4 Å². The molecule has 1 N–H and O–H groups in total. The number of methoxy groups -OCH3 is 1. The zero-order valence-corrected chi connectivity index (χ0v) is 13.6. The van der Waals surface area contributed by atoms with Crippen LogP contribution >= 0.6 is 0 Å². The van der Waals surface area contributed by atoms with Gasteiger partial charge in [0.25, 0.3) is 0 Å². The Kier molecular flexibility index (Phi) is 5.10. The van der Waals surface area contributed by atoms with Gasteiger partial charge in [0.2, 0.25) is 10.0 Å². The number of hydrogen-bond acceptors (Lipinski definition) is 5. The van der Waals surface area contributed by atoms with Gasteiger partial charge in [0.1, 0.15) is 12.1 Å². The maximum Gasteiger partial charge on any atom is 0.240 e. The second-order valence-corrected chi connectivity index (χ2v) is 6.75. The lowest BCUT2D eigenvalue weighted by Gasteiger charge is -2.12. The molecule has 0 spiro atoms. The number of nitrogens with one attached hydrogen (secondary N) is 1. The van der Waals surface area contributed by atoms with Gasteiger partial charge < -0.3 is 4.74 Å². The summed E-state index contributed by atoms with van der Waals surface area (Å²) < 4.78 is 32.5. The van der Waals surface area contributed by atoms with Gasteiger partial charge in [-0.15, -0.1) is 0 Å². The largest absolute Gasteiger partial charge is 0.496 e. The van der Waals surface area contributed by atoms with Crippen molar-refractivity contribution in [2.45, 2.75) is 25.2 Å². The van der Waals surface area contributed by atoms with E-state index in [2.05, 4.69) is 14.7 Å². The summed E-state index contributed by atoms with van der Waals surface area (Å²) in [6.07, 6.45) is 5.32. The molecule has 2 rings (SSSR count). The average molecular weight is 321 g/mol. The van der Waals surface area contributed by atoms with Crippen molar-refractivity contribution in [2.75, 3.05) is 13.7 Å². The van der Waals surface area contributed by atoms with E-state index in [0.717, 1.165) is 16.7 Å². The van der Waals surface area contributed by atoms with Gasteiger partial charge in [-0.1, -0.05) is 0 Å². The van der Waals surface area contributed by atoms with Crippen LogP contribution in [0.15, 0.2) is 35.7 Å². The van der Waals surface area contributed by atoms with E-state index in [4.69, 9.17) is 4.74 Å². The molecule has 0 radical (unpaired) electrons. The Balaban J connectivity index is 2.10. The minimum absolute atomic E-state index is 0.243. The molecule has 0 unspecified atom stereocenters. The summed E-state index contributed by atoms with van der Waals surface area (Å²) in [5, 5.41) is 0. The summed E-state index contributed by atoms with van der Waals surface area (Å²) in [5.74, 6) is 0.709. The molecule has 118 valence electrons. The van der Waals surface area contributed by atoms with E-state index in [1.165, 1.54) is 6.33 Å². The SMILES string of the molecule is COc1c(C)cc(S(=O)(=O)NCCc2cncnc2)cc1C. The third-order valence-corrected chi connectivity index (χ3v) is 4.71. The number of nitrogens with zero attached hydrogens (tertiary/aromatic N) is 2. The summed E-state index contributed by atoms with van der Waals surface area (Å²) >= 11 is 0. The molecule has 0 aliphatic rings. The maximum absolute atomic E-state index is 12.3. The van der Waals surface area contributed by atoms with Crippen molar-refractivity contribution in [3.05, 3.63) is 47.5 Å². The van der Waals surface area contributed by atoms with E-state index in [1.54, 1.807) is 31.6 Å². The minimum atomic E-state index is -3.55. The van der Waals surface area contributed by atoms with Gasteiger partial charge in [-0.25, -0.2) is 23.1 Å². The van der Waals surface area contributed by atoms with Crippen LogP contribution in [0, 0.1) is 13.8 Å². The van der Waals surface area contributed by atoms with E-state index in [1.807, 2.05) is 13.8 Å². The zero-order valence-electron chi connectivity index (χ0n) is 12.8. The molecule has 22 heavy (non-hydrogen) atoms. The lowest BCUT2D eigenvalue weighted by molar-refractivity contribution is 0.408. The fourth-order valence-corrected chi connectivity index (χ4v) is 3.46. The highest BCUT2D eigenvalue weighted by atomic mass is 32.2. The Labute approximate surface area is 130 Å². The lowest BCUT2D eigenvalue weighted by Crippen LogP contribution is -2.26. The molecule has 1 aromatic heterocycles. The molecule has 0 aliphatic heterocycles. The fraction of sp³-hybridized carbons (Fsp3) is 0.333. The molecule has 6 nitrogen and oxygen atoms in total. The number of rotatable bonds is 6. The highest BCUT2D eigenvalue weighted by Gasteiger charge is 2.16. The van der Waals surface area contributed by atoms with Gasteiger partial charge in [0, 0.05) is 18.9 Å². The molecule has 0 fully saturated rings. The Morgan fingerprint density at radius 2 is 1.73 bits per heavy atom. The first kappa shape index (κ1) is 16.4. The molecule has 1 heterocycles. The minimum Gasteiger partial charge on any atom is -0.496 e. The quantitative estimate of drug-likeness (QED) is 0.874. The lowest BCUT2D eigenvalue weighted by atomic mass is 10.1. The molecule has 0 saturated heterocycles. The van der Waals surface area contributed by atoms with Crippen LogP contribution in [0.4, 0.5) is 0 Å². The topological polar surface area (TPSA) is 81.2 Å². The van der Waals surface area contributed by atoms with Crippen LogP contribution in [0.5, 0.6) is 5.75 Å². The Morgan fingerprint density at radius 1 is 1.14 bits per heavy atom. The first-order chi connectivity index (χ1) is 10.4. The van der Waals surface area contributed by atoms with Gasteiger partial charge in [-0.05, 0) is 49.1 Å². The van der Waals surface area contributed by atoms with Crippen molar-refractivity contribution in [3.63, 3.8) is 0 Å². The summed E-state index contributed by atoms with van der Waals surface area (Å²) in [5.41, 5.74) is 2.46. The summed E-state index contributed by atoms with van der Waals surface area (Å²) in [4.78, 5) is 8.04. The van der Waals surface area contributed by atoms with Gasteiger partial charge in [0.05, 0.1) is 12.0 Å². The molecule has 0 atom stereocenters. The zero-order chi connectivity index (χ0) is 16.2. The van der Waals surface area contributed by atoms with E-state index < -0.39 is 10.0 Å². The van der Waals surface area contributed by atoms with E-state index in [9.17, 15) is 8.42 Å². The van der Waals surface area contributed by atoms with E-state index in [0.29, 0.717) is 18.7 Å². The van der Waals surface area contributed by atoms with Crippen LogP contribution in [0.3, 0.4) is 0 Å². The maximum atomic E-state index is 12.3. The van der Waals surface area contributed by atoms with Crippen molar-refractivity contribution < 1.29 is 13.2 Å². The predicted molar refractivity (Wildman–Crippen MR) is 83.4 cm³/mol. The van der Waals surface area contributed by atoms with E-state index >= 15 is 0 Å². The number of ether oxygens (including phenoxy) is 1. The molecule has 0 aliphatic carbocycles. The normalized spacial score (nSPS) is 11.4. The standard InChI is InChI=1S/C15H19N3O3S/c1-11-6-14(7-12(2)15(11)21-3)22(19,20)18-5-4-13-8-16-10-17-9-13/h6-10,18H,4-5H2,1-3H3. The van der Waals surface area contributed by atoms with Crippen LogP contribution in [0.25, 0.3) is 0 Å². The fourth-order valence-electron chi connectivity index (χ4n) is 2.26. The van der Waals surface area contributed by atoms with Crippen molar-refractivity contribution in [1.29, 1.82) is 0 Å². The Bertz CT molecular complexity index is 723. The van der Waals surface area contributed by atoms with E-state index in [-0.39, 0.29) is 4.90 Å². The van der Waals surface area contributed by atoms with Crippen molar-refractivity contribution in [2.24, 2.45) is 0 Å². The van der Waals surface area contributed by atoms with Crippen LogP contribution in [0.1, 0.15) is 16.7 Å². The molecular weight excluding hydrogens is 302 g/mol. The molecule has 0 saturated carbocycles. The molecule has 1 aromatic carbocycles. The van der Waals surface area contributed by atoms with Gasteiger partial charge >= 0.3 is 0 Å². The molecule has 0 amide bonds. The van der Waals surface area contributed by atoms with Crippen LogP contribution < -0.4 is 9.46 Å². The monoisotopic (exact) mass is 321 g/mol. The number of aromatic nitrogens is 2. The molecule has 0 bridgehead atoms. The predicted octanol–water partition coefficient (Wildman–Crippen LogP) is 1.62. The smallest absolute Gasteiger partial charge is 0.240 e. The van der Waals surface area contributed by atoms with Crippen LogP contribution in [0.2, 0.25) is 0 Å². The van der Waals surface area contributed by atoms with Gasteiger partial charge in [-0.3, -0.25) is 0 Å². The van der Waals surface area contributed by atoms with Crippen molar-refractivity contribution in [1.82, 2.24) is 14.7 Å². The average Bonchev–Trinajstić information content (AvgIpc) is 2.48. The summed E-state index contributed by atoms with van der Waals surface area (Å²) in [7, 11) is -1.97. The second kappa shape index (κ2) is 6.85. The second-order valence-electron chi connectivity index (χ2n) is 4.98. The number of aryl methyl sites for hydroxylation is 2. The first-order valence-electron chi connectivity index (χ1n) is 6.83. The number of benzene rings is 1. The third-order valence-electron chi connectivity index (χ3n) is 3.27. The van der Waals surface area contributed by atoms with Gasteiger partial charge in [0.15, 0.2) is 0 Å². The Morgan fingerprint density at radius 3 is 2.27 bits per heavy atom. The van der Waals surface area contributed by atoms with Crippen molar-refractivity contribution in [3.8, 4) is 5.75 Å². The highest BCUT2D eigenvalue weighted by molar-refractivity contribution is 7.89. The highest BCUT2D eigenvalue weighted by Crippen LogP contribution is 2.26. The molecule has 7 heteroatoms. The Hall–Kier alpha value is -1.99. The summed E-state index contributed by atoms with van der Waals surface area (Å²) in [6, 6.07) is 3.22. The number of sulfonamides is 1. The molecule has 2 aromatic rings. The molecular formula is C15H19N3O3S. The van der Waals surface area contributed by atoms with Crippen LogP contribution in [-0.4, -0.2) is 32.0 Å². The first-order valence-corrected chi connectivity index (χ1v) is 8.31. The summed E-state index contributed by atoms with van der Waals surface area (Å²) in [6.45, 7) is 3.94. The number of hydrogen-bond donors (Lipinski definition) is 1. The van der Waals surface area contributed by atoms with Gasteiger partial charge in [-0.2, -0.15) is 0 Å².